The summed E-state index contributed by atoms with van der Waals surface area (Å²) in [6, 6.07) is 13.2. The van der Waals surface area contributed by atoms with E-state index in [0.29, 0.717) is 49.9 Å². The Labute approximate surface area is 184 Å². The summed E-state index contributed by atoms with van der Waals surface area (Å²) in [5, 5.41) is 2.80. The summed E-state index contributed by atoms with van der Waals surface area (Å²) in [5.74, 6) is 0.296. The summed E-state index contributed by atoms with van der Waals surface area (Å²) in [5.41, 5.74) is 0.984. The van der Waals surface area contributed by atoms with E-state index >= 15 is 0 Å². The quantitative estimate of drug-likeness (QED) is 0.590. The minimum absolute atomic E-state index is 0.247. The lowest BCUT2D eigenvalue weighted by atomic mass is 10.2. The largest absolute Gasteiger partial charge is 0.491 e. The van der Waals surface area contributed by atoms with Crippen LogP contribution in [-0.2, 0) is 14.8 Å². The molecule has 0 unspecified atom stereocenters. The topological polar surface area (TPSA) is 84.9 Å². The van der Waals surface area contributed by atoms with Crippen molar-refractivity contribution in [1.29, 1.82) is 0 Å². The molecule has 1 N–H and O–H groups in total. The first-order valence-electron chi connectivity index (χ1n) is 10.7. The van der Waals surface area contributed by atoms with Crippen molar-refractivity contribution in [3.8, 4) is 5.75 Å². The van der Waals surface area contributed by atoms with E-state index in [1.54, 1.807) is 52.8 Å². The zero-order chi connectivity index (χ0) is 22.1. The first-order chi connectivity index (χ1) is 15.0. The van der Waals surface area contributed by atoms with Gasteiger partial charge in [-0.25, -0.2) is 8.42 Å². The third-order valence-electron chi connectivity index (χ3n) is 5.11. The average Bonchev–Trinajstić information content (AvgIpc) is 3.08. The summed E-state index contributed by atoms with van der Waals surface area (Å²) in [7, 11) is -3.51. The van der Waals surface area contributed by atoms with E-state index in [4.69, 9.17) is 9.47 Å². The van der Waals surface area contributed by atoms with E-state index in [0.717, 1.165) is 25.7 Å². The van der Waals surface area contributed by atoms with Crippen LogP contribution < -0.4 is 10.1 Å². The van der Waals surface area contributed by atoms with Gasteiger partial charge in [-0.3, -0.25) is 4.79 Å². The molecule has 0 bridgehead atoms. The Kier molecular flexibility index (Phi) is 8.45. The number of carbonyl (C=O) groups is 1. The fraction of sp³-hybridized carbons (Fsp3) is 0.435. The summed E-state index contributed by atoms with van der Waals surface area (Å²) >= 11 is 0. The molecule has 1 heterocycles. The van der Waals surface area contributed by atoms with Crippen molar-refractivity contribution in [2.75, 3.05) is 38.2 Å². The van der Waals surface area contributed by atoms with Gasteiger partial charge in [-0.05, 0) is 62.2 Å². The number of hydrogen-bond acceptors (Lipinski definition) is 5. The maximum atomic E-state index is 12.9. The van der Waals surface area contributed by atoms with Crippen molar-refractivity contribution in [1.82, 2.24) is 4.31 Å². The van der Waals surface area contributed by atoms with Crippen LogP contribution in [0.25, 0.3) is 0 Å². The van der Waals surface area contributed by atoms with Crippen molar-refractivity contribution in [2.45, 2.75) is 37.5 Å². The maximum Gasteiger partial charge on any atom is 0.255 e. The minimum Gasteiger partial charge on any atom is -0.491 e. The molecular weight excluding hydrogens is 416 g/mol. The van der Waals surface area contributed by atoms with Crippen LogP contribution >= 0.6 is 0 Å². The summed E-state index contributed by atoms with van der Waals surface area (Å²) in [6.45, 7) is 4.56. The van der Waals surface area contributed by atoms with Crippen molar-refractivity contribution in [2.24, 2.45) is 0 Å². The first kappa shape index (κ1) is 23.2. The number of sulfonamides is 1. The molecule has 1 saturated heterocycles. The Morgan fingerprint density at radius 1 is 1.00 bits per heavy atom. The van der Waals surface area contributed by atoms with Gasteiger partial charge in [-0.2, -0.15) is 4.31 Å². The highest BCUT2D eigenvalue weighted by atomic mass is 32.2. The molecule has 31 heavy (non-hydrogen) atoms. The molecule has 1 aliphatic heterocycles. The highest BCUT2D eigenvalue weighted by Gasteiger charge is 2.25. The van der Waals surface area contributed by atoms with Crippen LogP contribution in [-0.4, -0.2) is 51.5 Å². The lowest BCUT2D eigenvalue weighted by molar-refractivity contribution is 0.102. The normalized spacial score (nSPS) is 15.3. The van der Waals surface area contributed by atoms with E-state index in [1.165, 1.54) is 0 Å². The molecule has 1 amide bonds. The van der Waals surface area contributed by atoms with Gasteiger partial charge >= 0.3 is 0 Å². The van der Waals surface area contributed by atoms with Gasteiger partial charge in [-0.1, -0.05) is 18.9 Å². The molecule has 1 aliphatic rings. The molecule has 8 heteroatoms. The van der Waals surface area contributed by atoms with Crippen LogP contribution in [0.5, 0.6) is 5.75 Å². The molecule has 2 aromatic rings. The standard InChI is InChI=1S/C23H30N2O5S/c1-2-29-16-17-30-21-9-7-8-19(18-21)23(26)24-20-10-12-22(13-11-20)31(27,28)25-14-5-3-4-6-15-25/h7-13,18H,2-6,14-17H2,1H3,(H,24,26). The number of hydrogen-bond donors (Lipinski definition) is 1. The van der Waals surface area contributed by atoms with E-state index < -0.39 is 10.0 Å². The van der Waals surface area contributed by atoms with Crippen LogP contribution in [0.1, 0.15) is 43.0 Å². The summed E-state index contributed by atoms with van der Waals surface area (Å²) in [6.07, 6.45) is 3.91. The SMILES string of the molecule is CCOCCOc1cccc(C(=O)Nc2ccc(S(=O)(=O)N3CCCCCC3)cc2)c1. The average molecular weight is 447 g/mol. The number of nitrogens with zero attached hydrogens (tertiary/aromatic N) is 1. The molecule has 3 rings (SSSR count). The Balaban J connectivity index is 1.62. The van der Waals surface area contributed by atoms with Crippen molar-refractivity contribution < 1.29 is 22.7 Å². The van der Waals surface area contributed by atoms with Gasteiger partial charge in [0.05, 0.1) is 11.5 Å². The van der Waals surface area contributed by atoms with Gasteiger partial charge in [0.25, 0.3) is 5.91 Å². The fourth-order valence-corrected chi connectivity index (χ4v) is 4.95. The zero-order valence-electron chi connectivity index (χ0n) is 17.9. The van der Waals surface area contributed by atoms with Gasteiger partial charge in [0.15, 0.2) is 0 Å². The lowest BCUT2D eigenvalue weighted by Crippen LogP contribution is -2.31. The molecule has 2 aromatic carbocycles. The Bertz CT molecular complexity index is 952. The third kappa shape index (κ3) is 6.53. The van der Waals surface area contributed by atoms with Crippen LogP contribution in [0, 0.1) is 0 Å². The molecule has 0 atom stereocenters. The molecule has 1 fully saturated rings. The van der Waals surface area contributed by atoms with Gasteiger partial charge in [0.1, 0.15) is 12.4 Å². The molecule has 0 spiro atoms. The van der Waals surface area contributed by atoms with Crippen molar-refractivity contribution in [3.63, 3.8) is 0 Å². The molecule has 0 aliphatic carbocycles. The monoisotopic (exact) mass is 446 g/mol. The van der Waals surface area contributed by atoms with Gasteiger partial charge in [0, 0.05) is 30.9 Å². The number of amides is 1. The number of carbonyl (C=O) groups excluding carboxylic acids is 1. The van der Waals surface area contributed by atoms with Crippen molar-refractivity contribution >= 4 is 21.6 Å². The third-order valence-corrected chi connectivity index (χ3v) is 7.02. The second-order valence-corrected chi connectivity index (χ2v) is 9.31. The fourth-order valence-electron chi connectivity index (χ4n) is 3.43. The lowest BCUT2D eigenvalue weighted by Gasteiger charge is -2.20. The maximum absolute atomic E-state index is 12.9. The van der Waals surface area contributed by atoms with E-state index in [9.17, 15) is 13.2 Å². The highest BCUT2D eigenvalue weighted by Crippen LogP contribution is 2.22. The predicted molar refractivity (Wildman–Crippen MR) is 120 cm³/mol. The Hall–Kier alpha value is -2.42. The molecule has 7 nitrogen and oxygen atoms in total. The second-order valence-electron chi connectivity index (χ2n) is 7.37. The number of rotatable bonds is 9. The smallest absolute Gasteiger partial charge is 0.255 e. The van der Waals surface area contributed by atoms with E-state index in [2.05, 4.69) is 5.32 Å². The highest BCUT2D eigenvalue weighted by molar-refractivity contribution is 7.89. The molecule has 0 saturated carbocycles. The summed E-state index contributed by atoms with van der Waals surface area (Å²) in [4.78, 5) is 12.8. The molecule has 168 valence electrons. The van der Waals surface area contributed by atoms with Crippen molar-refractivity contribution in [3.05, 3.63) is 54.1 Å². The second kappa shape index (κ2) is 11.3. The Morgan fingerprint density at radius 3 is 2.39 bits per heavy atom. The first-order valence-corrected chi connectivity index (χ1v) is 12.2. The van der Waals surface area contributed by atoms with Crippen LogP contribution in [0.3, 0.4) is 0 Å². The van der Waals surface area contributed by atoms with E-state index in [-0.39, 0.29) is 10.8 Å². The molecule has 0 aromatic heterocycles. The van der Waals surface area contributed by atoms with Crippen LogP contribution in [0.4, 0.5) is 5.69 Å². The number of ether oxygens (including phenoxy) is 2. The van der Waals surface area contributed by atoms with Gasteiger partial charge in [-0.15, -0.1) is 0 Å². The predicted octanol–water partition coefficient (Wildman–Crippen LogP) is 3.92. The number of anilines is 1. The van der Waals surface area contributed by atoms with Gasteiger partial charge in [0.2, 0.25) is 10.0 Å². The van der Waals surface area contributed by atoms with E-state index in [1.807, 2.05) is 6.92 Å². The Morgan fingerprint density at radius 2 is 1.71 bits per heavy atom. The van der Waals surface area contributed by atoms with Crippen LogP contribution in [0.2, 0.25) is 0 Å². The minimum atomic E-state index is -3.51. The molecular formula is C23H30N2O5S. The number of benzene rings is 2. The summed E-state index contributed by atoms with van der Waals surface area (Å²) < 4.78 is 38.1. The van der Waals surface area contributed by atoms with Gasteiger partial charge < -0.3 is 14.8 Å². The zero-order valence-corrected chi connectivity index (χ0v) is 18.7. The van der Waals surface area contributed by atoms with Crippen LogP contribution in [0.15, 0.2) is 53.4 Å². The molecule has 0 radical (unpaired) electrons. The number of nitrogens with one attached hydrogen (secondary N) is 1.